The van der Waals surface area contributed by atoms with Crippen LogP contribution in [-0.2, 0) is 16.6 Å². The second-order valence-electron chi connectivity index (χ2n) is 5.68. The molecule has 1 aromatic heterocycles. The highest BCUT2D eigenvalue weighted by molar-refractivity contribution is 7.90. The third-order valence-electron chi connectivity index (χ3n) is 4.00. The molecule has 1 saturated heterocycles. The molecule has 1 aromatic rings. The molecule has 0 amide bonds. The maximum Gasteiger partial charge on any atom is 0.511 e. The summed E-state index contributed by atoms with van der Waals surface area (Å²) in [6.45, 7) is 0.939. The summed E-state index contributed by atoms with van der Waals surface area (Å²) in [4.78, 5) is 5.26. The maximum atomic E-state index is 12.6. The average molecular weight is 398 g/mol. The van der Waals surface area contributed by atoms with E-state index in [-0.39, 0.29) is 19.0 Å². The first-order valence-electron chi connectivity index (χ1n) is 7.77. The molecular formula is C14H21F3N4O2S2. The van der Waals surface area contributed by atoms with Gasteiger partial charge in [-0.05, 0) is 30.2 Å². The highest BCUT2D eigenvalue weighted by Crippen LogP contribution is 2.30. The summed E-state index contributed by atoms with van der Waals surface area (Å²) in [5.41, 5.74) is -5.23. The molecule has 2 rings (SSSR count). The fourth-order valence-electron chi connectivity index (χ4n) is 2.55. The van der Waals surface area contributed by atoms with Crippen LogP contribution in [0.15, 0.2) is 22.5 Å². The number of guanidine groups is 1. The van der Waals surface area contributed by atoms with E-state index in [0.29, 0.717) is 36.2 Å². The minimum absolute atomic E-state index is 0.0972. The molecule has 1 aliphatic rings. The van der Waals surface area contributed by atoms with E-state index < -0.39 is 15.5 Å². The number of hydrogen-bond acceptors (Lipinski definition) is 4. The molecule has 25 heavy (non-hydrogen) atoms. The van der Waals surface area contributed by atoms with E-state index in [1.54, 1.807) is 18.4 Å². The van der Waals surface area contributed by atoms with Crippen LogP contribution in [0.4, 0.5) is 13.2 Å². The number of thiophene rings is 1. The van der Waals surface area contributed by atoms with Gasteiger partial charge in [-0.3, -0.25) is 4.99 Å². The van der Waals surface area contributed by atoms with Gasteiger partial charge in [0, 0.05) is 31.6 Å². The zero-order valence-corrected chi connectivity index (χ0v) is 15.3. The highest BCUT2D eigenvalue weighted by Gasteiger charge is 2.50. The van der Waals surface area contributed by atoms with Gasteiger partial charge in [0.25, 0.3) is 0 Å². The second-order valence-corrected chi connectivity index (χ2v) is 8.64. The molecule has 1 aliphatic heterocycles. The molecular weight excluding hydrogens is 377 g/mol. The third-order valence-corrected chi connectivity index (χ3v) is 6.50. The van der Waals surface area contributed by atoms with E-state index in [1.807, 2.05) is 17.5 Å². The van der Waals surface area contributed by atoms with Crippen LogP contribution in [0.1, 0.15) is 17.7 Å². The fraction of sp³-hybridized carbons (Fsp3) is 0.643. The first-order valence-corrected chi connectivity index (χ1v) is 10.1. The largest absolute Gasteiger partial charge is 0.511 e. The smallest absolute Gasteiger partial charge is 0.356 e. The number of rotatable bonds is 5. The Morgan fingerprint density at radius 3 is 2.56 bits per heavy atom. The van der Waals surface area contributed by atoms with Gasteiger partial charge in [0.2, 0.25) is 0 Å². The highest BCUT2D eigenvalue weighted by atomic mass is 32.2. The molecule has 0 bridgehead atoms. The Hall–Kier alpha value is -1.33. The van der Waals surface area contributed by atoms with Crippen molar-refractivity contribution < 1.29 is 21.6 Å². The van der Waals surface area contributed by atoms with Crippen molar-refractivity contribution in [3.8, 4) is 0 Å². The Bertz CT molecular complexity index is 667. The summed E-state index contributed by atoms with van der Waals surface area (Å²) < 4.78 is 60.9. The number of aliphatic imine (C=N–C) groups is 1. The van der Waals surface area contributed by atoms with Crippen LogP contribution in [0.25, 0.3) is 0 Å². The summed E-state index contributed by atoms with van der Waals surface area (Å²) in [6, 6.07) is 3.96. The molecule has 142 valence electrons. The number of halogens is 3. The molecule has 0 aromatic carbocycles. The number of hydrogen-bond donors (Lipinski definition) is 2. The lowest BCUT2D eigenvalue weighted by atomic mass is 9.98. The predicted octanol–water partition coefficient (Wildman–Crippen LogP) is 1.97. The van der Waals surface area contributed by atoms with Gasteiger partial charge < -0.3 is 10.6 Å². The van der Waals surface area contributed by atoms with Gasteiger partial charge in [0.05, 0.1) is 6.54 Å². The van der Waals surface area contributed by atoms with E-state index in [0.717, 1.165) is 4.88 Å². The number of sulfonamides is 1. The standard InChI is InChI=1S/C14H21F3N4O2S2/c1-18-13(20-10-12-3-2-8-24-12)19-9-11-4-6-21(7-5-11)25(22,23)14(15,16)17/h2-3,8,11H,4-7,9-10H2,1H3,(H2,18,19,20). The normalized spacial score (nSPS) is 18.3. The Kier molecular flexibility index (Phi) is 6.69. The molecule has 0 unspecified atom stereocenters. The van der Waals surface area contributed by atoms with Crippen LogP contribution in [0.5, 0.6) is 0 Å². The first kappa shape index (κ1) is 20.0. The van der Waals surface area contributed by atoms with Crippen LogP contribution in [0, 0.1) is 5.92 Å². The van der Waals surface area contributed by atoms with E-state index in [2.05, 4.69) is 15.6 Å². The fourth-order valence-corrected chi connectivity index (χ4v) is 4.17. The van der Waals surface area contributed by atoms with Gasteiger partial charge in [0.15, 0.2) is 5.96 Å². The topological polar surface area (TPSA) is 73.8 Å². The zero-order valence-electron chi connectivity index (χ0n) is 13.7. The molecule has 11 heteroatoms. The van der Waals surface area contributed by atoms with Crippen molar-refractivity contribution in [2.45, 2.75) is 24.9 Å². The maximum absolute atomic E-state index is 12.6. The monoisotopic (exact) mass is 398 g/mol. The van der Waals surface area contributed by atoms with Gasteiger partial charge in [0.1, 0.15) is 0 Å². The summed E-state index contributed by atoms with van der Waals surface area (Å²) in [5, 5.41) is 8.28. The van der Waals surface area contributed by atoms with Crippen LogP contribution in [-0.4, -0.2) is 50.9 Å². The molecule has 6 nitrogen and oxygen atoms in total. The van der Waals surface area contributed by atoms with Crippen molar-refractivity contribution in [2.75, 3.05) is 26.7 Å². The van der Waals surface area contributed by atoms with E-state index in [1.165, 1.54) is 0 Å². The van der Waals surface area contributed by atoms with E-state index in [4.69, 9.17) is 0 Å². The minimum Gasteiger partial charge on any atom is -0.356 e. The Labute approximate surface area is 149 Å². The third kappa shape index (κ3) is 5.32. The molecule has 0 radical (unpaired) electrons. The number of nitrogens with zero attached hydrogens (tertiary/aromatic N) is 2. The molecule has 0 saturated carbocycles. The number of alkyl halides is 3. The number of piperidine rings is 1. The van der Waals surface area contributed by atoms with Crippen molar-refractivity contribution in [1.82, 2.24) is 14.9 Å². The molecule has 0 atom stereocenters. The lowest BCUT2D eigenvalue weighted by Gasteiger charge is -2.31. The quantitative estimate of drug-likeness (QED) is 0.588. The van der Waals surface area contributed by atoms with Gasteiger partial charge in [-0.15, -0.1) is 11.3 Å². The summed E-state index contributed by atoms with van der Waals surface area (Å²) in [6.07, 6.45) is 0.758. The van der Waals surface area contributed by atoms with Crippen molar-refractivity contribution in [3.05, 3.63) is 22.4 Å². The molecule has 1 fully saturated rings. The van der Waals surface area contributed by atoms with E-state index in [9.17, 15) is 21.6 Å². The minimum atomic E-state index is -5.23. The summed E-state index contributed by atoms with van der Waals surface area (Å²) in [7, 11) is -3.57. The lowest BCUT2D eigenvalue weighted by Crippen LogP contribution is -2.47. The van der Waals surface area contributed by atoms with E-state index >= 15 is 0 Å². The Morgan fingerprint density at radius 1 is 1.36 bits per heavy atom. The van der Waals surface area contributed by atoms with Crippen LogP contribution < -0.4 is 10.6 Å². The van der Waals surface area contributed by atoms with Crippen LogP contribution >= 0.6 is 11.3 Å². The predicted molar refractivity (Wildman–Crippen MR) is 91.8 cm³/mol. The average Bonchev–Trinajstić information content (AvgIpc) is 3.08. The van der Waals surface area contributed by atoms with Gasteiger partial charge >= 0.3 is 15.5 Å². The van der Waals surface area contributed by atoms with Crippen molar-refractivity contribution in [3.63, 3.8) is 0 Å². The summed E-state index contributed by atoms with van der Waals surface area (Å²) >= 11 is 1.63. The second kappa shape index (κ2) is 8.37. The molecule has 2 N–H and O–H groups in total. The first-order chi connectivity index (χ1) is 11.7. The van der Waals surface area contributed by atoms with Gasteiger partial charge in [-0.1, -0.05) is 6.07 Å². The van der Waals surface area contributed by atoms with Crippen LogP contribution in [0.2, 0.25) is 0 Å². The van der Waals surface area contributed by atoms with Gasteiger partial charge in [-0.2, -0.15) is 17.5 Å². The summed E-state index contributed by atoms with van der Waals surface area (Å²) in [5.74, 6) is 0.707. The molecule has 2 heterocycles. The molecule has 0 aliphatic carbocycles. The van der Waals surface area contributed by atoms with Crippen LogP contribution in [0.3, 0.4) is 0 Å². The zero-order chi connectivity index (χ0) is 18.5. The number of nitrogens with one attached hydrogen (secondary N) is 2. The Balaban J connectivity index is 1.76. The Morgan fingerprint density at radius 2 is 2.04 bits per heavy atom. The van der Waals surface area contributed by atoms with Crippen molar-refractivity contribution >= 4 is 27.3 Å². The van der Waals surface area contributed by atoms with Gasteiger partial charge in [-0.25, -0.2) is 8.42 Å². The lowest BCUT2D eigenvalue weighted by molar-refractivity contribution is -0.0496. The van der Waals surface area contributed by atoms with Crippen molar-refractivity contribution in [1.29, 1.82) is 0 Å². The molecule has 0 spiro atoms. The van der Waals surface area contributed by atoms with Crippen molar-refractivity contribution in [2.24, 2.45) is 10.9 Å². The SMILES string of the molecule is CN=C(NCc1cccs1)NCC1CCN(S(=O)(=O)C(F)(F)F)CC1.